The number of carboxylic acid groups (broad SMARTS) is 1. The van der Waals surface area contributed by atoms with Gasteiger partial charge in [0, 0.05) is 18.0 Å². The quantitative estimate of drug-likeness (QED) is 0.455. The van der Waals surface area contributed by atoms with Crippen LogP contribution in [0, 0.1) is 39.9 Å². The lowest BCUT2D eigenvalue weighted by Gasteiger charge is -2.37. The SMILES string of the molecule is CC(C)(C)[C@H](NC(=O)O)C(=O)N1C[C@H]2[C@@H]([C@H]1C(=O)N[C@H](C#N)C[C@@H]1CC3(CC3)NC1=O)C2(C)C. The Kier molecular flexibility index (Phi) is 5.61. The van der Waals surface area contributed by atoms with Crippen LogP contribution in [0.15, 0.2) is 0 Å². The fourth-order valence-corrected chi connectivity index (χ4v) is 6.09. The summed E-state index contributed by atoms with van der Waals surface area (Å²) >= 11 is 0. The second-order valence-corrected chi connectivity index (χ2v) is 12.2. The van der Waals surface area contributed by atoms with Gasteiger partial charge in [-0.15, -0.1) is 0 Å². The minimum Gasteiger partial charge on any atom is -0.465 e. The highest BCUT2D eigenvalue weighted by Crippen LogP contribution is 2.65. The summed E-state index contributed by atoms with van der Waals surface area (Å²) < 4.78 is 0. The zero-order valence-corrected chi connectivity index (χ0v) is 20.5. The molecule has 1 spiro atoms. The van der Waals surface area contributed by atoms with Crippen molar-refractivity contribution in [2.24, 2.45) is 28.6 Å². The van der Waals surface area contributed by atoms with Crippen LogP contribution < -0.4 is 16.0 Å². The lowest BCUT2D eigenvalue weighted by Crippen LogP contribution is -2.59. The summed E-state index contributed by atoms with van der Waals surface area (Å²) in [5.74, 6) is -1.16. The summed E-state index contributed by atoms with van der Waals surface area (Å²) in [5, 5.41) is 27.1. The fraction of sp³-hybridized carbons (Fsp3) is 0.792. The Morgan fingerprint density at radius 3 is 2.41 bits per heavy atom. The van der Waals surface area contributed by atoms with Crippen LogP contribution in [-0.2, 0) is 14.4 Å². The molecule has 0 unspecified atom stereocenters. The van der Waals surface area contributed by atoms with Crippen molar-refractivity contribution in [1.82, 2.24) is 20.9 Å². The van der Waals surface area contributed by atoms with Crippen LogP contribution in [0.2, 0.25) is 0 Å². The Bertz CT molecular complexity index is 960. The van der Waals surface area contributed by atoms with Gasteiger partial charge < -0.3 is 26.0 Å². The number of nitrogens with one attached hydrogen (secondary N) is 3. The zero-order valence-electron chi connectivity index (χ0n) is 20.5. The maximum absolute atomic E-state index is 13.5. The maximum atomic E-state index is 13.5. The van der Waals surface area contributed by atoms with Gasteiger partial charge in [0.05, 0.1) is 6.07 Å². The number of rotatable bonds is 6. The molecule has 4 fully saturated rings. The molecular formula is C24H35N5O5. The molecule has 2 aliphatic carbocycles. The average molecular weight is 474 g/mol. The van der Waals surface area contributed by atoms with Crippen LogP contribution in [0.25, 0.3) is 0 Å². The monoisotopic (exact) mass is 473 g/mol. The van der Waals surface area contributed by atoms with E-state index in [1.165, 1.54) is 4.90 Å². The molecule has 2 saturated carbocycles. The first-order chi connectivity index (χ1) is 15.7. The number of fused-ring (bicyclic) bond motifs is 1. The minimum absolute atomic E-state index is 0.0641. The molecule has 0 aromatic rings. The van der Waals surface area contributed by atoms with Crippen molar-refractivity contribution >= 4 is 23.8 Å². The Morgan fingerprint density at radius 2 is 1.91 bits per heavy atom. The second kappa shape index (κ2) is 7.85. The van der Waals surface area contributed by atoms with E-state index < -0.39 is 41.4 Å². The molecule has 4 rings (SSSR count). The molecule has 2 aliphatic heterocycles. The summed E-state index contributed by atoms with van der Waals surface area (Å²) in [6.07, 6.45) is 1.52. The highest BCUT2D eigenvalue weighted by atomic mass is 16.4. The van der Waals surface area contributed by atoms with Crippen LogP contribution in [0.1, 0.15) is 60.3 Å². The Balaban J connectivity index is 1.49. The van der Waals surface area contributed by atoms with Crippen molar-refractivity contribution in [3.63, 3.8) is 0 Å². The number of hydrogen-bond donors (Lipinski definition) is 4. The van der Waals surface area contributed by atoms with Gasteiger partial charge >= 0.3 is 6.09 Å². The summed E-state index contributed by atoms with van der Waals surface area (Å²) in [6.45, 7) is 9.79. The first kappa shape index (κ1) is 24.3. The number of nitrogens with zero attached hydrogens (tertiary/aromatic N) is 2. The molecular weight excluding hydrogens is 438 g/mol. The van der Waals surface area contributed by atoms with Gasteiger partial charge in [-0.05, 0) is 48.3 Å². The highest BCUT2D eigenvalue weighted by molar-refractivity contribution is 5.93. The number of nitriles is 1. The number of likely N-dealkylation sites (tertiary alicyclic amines) is 1. The van der Waals surface area contributed by atoms with Crippen LogP contribution in [0.4, 0.5) is 4.79 Å². The van der Waals surface area contributed by atoms with Gasteiger partial charge in [0.15, 0.2) is 0 Å². The number of hydrogen-bond acceptors (Lipinski definition) is 5. The standard InChI is InChI=1S/C24H35N5O5/c1-22(2,3)17(27-21(33)34)20(32)29-11-14-15(23(14,4)5)16(29)19(31)26-13(10-25)8-12-9-24(6-7-24)28-18(12)30/h12-17,27H,6-9,11H2,1-5H3,(H,26,31)(H,28,30)(H,33,34)/t12-,13+,14+,15+,16+,17-/m1/s1. The van der Waals surface area contributed by atoms with Gasteiger partial charge in [-0.25, -0.2) is 4.79 Å². The minimum atomic E-state index is -1.30. The number of amides is 4. The number of carbonyl (C=O) groups is 4. The van der Waals surface area contributed by atoms with Crippen LogP contribution in [0.5, 0.6) is 0 Å². The van der Waals surface area contributed by atoms with Crippen molar-refractivity contribution < 1.29 is 24.3 Å². The molecule has 10 heteroatoms. The molecule has 6 atom stereocenters. The molecule has 34 heavy (non-hydrogen) atoms. The normalized spacial score (nSPS) is 31.6. The van der Waals surface area contributed by atoms with Crippen molar-refractivity contribution in [3.8, 4) is 6.07 Å². The molecule has 4 amide bonds. The summed E-state index contributed by atoms with van der Waals surface area (Å²) in [5.41, 5.74) is -0.921. The van der Waals surface area contributed by atoms with E-state index in [0.717, 1.165) is 12.8 Å². The molecule has 10 nitrogen and oxygen atoms in total. The zero-order chi connectivity index (χ0) is 25.2. The molecule has 186 valence electrons. The van der Waals surface area contributed by atoms with E-state index in [9.17, 15) is 29.5 Å². The molecule has 4 N–H and O–H groups in total. The Hall–Kier alpha value is -2.83. The Labute approximate surface area is 199 Å². The van der Waals surface area contributed by atoms with E-state index in [0.29, 0.717) is 13.0 Å². The van der Waals surface area contributed by atoms with Crippen molar-refractivity contribution in [3.05, 3.63) is 0 Å². The van der Waals surface area contributed by atoms with E-state index in [1.807, 2.05) is 0 Å². The molecule has 2 heterocycles. The largest absolute Gasteiger partial charge is 0.465 e. The summed E-state index contributed by atoms with van der Waals surface area (Å²) in [7, 11) is 0. The highest BCUT2D eigenvalue weighted by Gasteiger charge is 2.70. The summed E-state index contributed by atoms with van der Waals surface area (Å²) in [4.78, 5) is 52.1. The van der Waals surface area contributed by atoms with Crippen molar-refractivity contribution in [2.45, 2.75) is 84.0 Å². The lowest BCUT2D eigenvalue weighted by atomic mass is 9.85. The van der Waals surface area contributed by atoms with E-state index in [1.54, 1.807) is 20.8 Å². The molecule has 0 aromatic carbocycles. The van der Waals surface area contributed by atoms with Gasteiger partial charge in [0.2, 0.25) is 17.7 Å². The topological polar surface area (TPSA) is 152 Å². The van der Waals surface area contributed by atoms with Crippen molar-refractivity contribution in [1.29, 1.82) is 5.26 Å². The second-order valence-electron chi connectivity index (χ2n) is 12.2. The fourth-order valence-electron chi connectivity index (χ4n) is 6.09. The molecule has 4 aliphatic rings. The molecule has 0 bridgehead atoms. The smallest absolute Gasteiger partial charge is 0.405 e. The maximum Gasteiger partial charge on any atom is 0.405 e. The van der Waals surface area contributed by atoms with E-state index >= 15 is 0 Å². The number of piperidine rings is 1. The lowest BCUT2D eigenvalue weighted by molar-refractivity contribution is -0.144. The Morgan fingerprint density at radius 1 is 1.26 bits per heavy atom. The van der Waals surface area contributed by atoms with Gasteiger partial charge in [-0.3, -0.25) is 14.4 Å². The first-order valence-electron chi connectivity index (χ1n) is 12.0. The molecule has 0 aromatic heterocycles. The van der Waals surface area contributed by atoms with Gasteiger partial charge in [0.1, 0.15) is 18.1 Å². The van der Waals surface area contributed by atoms with Crippen LogP contribution in [0.3, 0.4) is 0 Å². The predicted octanol–water partition coefficient (Wildman–Crippen LogP) is 1.22. The third-order valence-corrected chi connectivity index (χ3v) is 8.38. The first-order valence-corrected chi connectivity index (χ1v) is 12.0. The van der Waals surface area contributed by atoms with Gasteiger partial charge in [0.25, 0.3) is 0 Å². The molecule has 0 radical (unpaired) electrons. The van der Waals surface area contributed by atoms with E-state index in [-0.39, 0.29) is 41.0 Å². The third-order valence-electron chi connectivity index (χ3n) is 8.38. The van der Waals surface area contributed by atoms with Crippen LogP contribution >= 0.6 is 0 Å². The van der Waals surface area contributed by atoms with Crippen LogP contribution in [-0.4, -0.2) is 64.0 Å². The van der Waals surface area contributed by atoms with Gasteiger partial charge in [-0.1, -0.05) is 34.6 Å². The molecule has 2 saturated heterocycles. The van der Waals surface area contributed by atoms with Gasteiger partial charge in [-0.2, -0.15) is 5.26 Å². The average Bonchev–Trinajstić information content (AvgIpc) is 3.43. The third kappa shape index (κ3) is 4.21. The summed E-state index contributed by atoms with van der Waals surface area (Å²) in [6, 6.07) is -0.521. The predicted molar refractivity (Wildman–Crippen MR) is 121 cm³/mol. The number of carbonyl (C=O) groups excluding carboxylic acids is 3. The van der Waals surface area contributed by atoms with E-state index in [2.05, 4.69) is 35.9 Å². The van der Waals surface area contributed by atoms with Crippen molar-refractivity contribution in [2.75, 3.05) is 6.54 Å². The van der Waals surface area contributed by atoms with E-state index in [4.69, 9.17) is 0 Å².